The van der Waals surface area contributed by atoms with Gasteiger partial charge in [-0.05, 0) is 60.0 Å². The molecule has 0 saturated carbocycles. The number of carbonyl (C=O) groups excluding carboxylic acids is 2. The second-order valence-corrected chi connectivity index (χ2v) is 11.6. The van der Waals surface area contributed by atoms with Gasteiger partial charge in [-0.25, -0.2) is 12.7 Å². The van der Waals surface area contributed by atoms with E-state index >= 15 is 0 Å². The molecule has 9 nitrogen and oxygen atoms in total. The second-order valence-electron chi connectivity index (χ2n) is 9.79. The van der Waals surface area contributed by atoms with Gasteiger partial charge in [-0.15, -0.1) is 0 Å². The first-order valence-corrected chi connectivity index (χ1v) is 14.4. The van der Waals surface area contributed by atoms with Gasteiger partial charge < -0.3 is 11.1 Å². The average Bonchev–Trinajstić information content (AvgIpc) is 3.36. The van der Waals surface area contributed by atoms with E-state index in [0.717, 1.165) is 26.6 Å². The number of primary amides is 1. The van der Waals surface area contributed by atoms with E-state index < -0.39 is 22.0 Å². The van der Waals surface area contributed by atoms with Gasteiger partial charge in [0.2, 0.25) is 11.8 Å². The Morgan fingerprint density at radius 3 is 2.32 bits per heavy atom. The van der Waals surface area contributed by atoms with Gasteiger partial charge in [-0.2, -0.15) is 5.10 Å². The number of sulfonamides is 1. The summed E-state index contributed by atoms with van der Waals surface area (Å²) in [5, 5.41) is 10.6. The van der Waals surface area contributed by atoms with Crippen LogP contribution in [0.15, 0.2) is 102 Å². The van der Waals surface area contributed by atoms with Gasteiger partial charge in [-0.1, -0.05) is 66.2 Å². The molecule has 1 aromatic heterocycles. The van der Waals surface area contributed by atoms with Crippen molar-refractivity contribution in [3.8, 4) is 11.1 Å². The summed E-state index contributed by atoms with van der Waals surface area (Å²) < 4.78 is 29.4. The Labute approximate surface area is 238 Å². The molecule has 2 amide bonds. The Morgan fingerprint density at radius 1 is 0.927 bits per heavy atom. The number of nitrogens with zero attached hydrogens (tertiary/aromatic N) is 2. The number of aromatic nitrogens is 2. The van der Waals surface area contributed by atoms with Crippen molar-refractivity contribution in [2.75, 3.05) is 9.62 Å². The van der Waals surface area contributed by atoms with Crippen LogP contribution in [0.5, 0.6) is 0 Å². The third-order valence-corrected chi connectivity index (χ3v) is 8.54. The minimum absolute atomic E-state index is 0.0185. The highest BCUT2D eigenvalue weighted by Gasteiger charge is 2.38. The topological polar surface area (TPSA) is 138 Å². The number of nitrogens with two attached hydrogens (primary N) is 1. The van der Waals surface area contributed by atoms with Crippen LogP contribution in [-0.4, -0.2) is 36.5 Å². The maximum atomic E-state index is 14.2. The van der Waals surface area contributed by atoms with Crippen molar-refractivity contribution in [3.05, 3.63) is 108 Å². The molecule has 0 radical (unpaired) electrons. The third-order valence-electron chi connectivity index (χ3n) is 6.73. The Hall–Kier alpha value is -4.96. The maximum Gasteiger partial charge on any atom is 0.266 e. The molecule has 0 aliphatic carbocycles. The van der Waals surface area contributed by atoms with Crippen LogP contribution in [-0.2, 0) is 26.0 Å². The van der Waals surface area contributed by atoms with Crippen molar-refractivity contribution in [2.45, 2.75) is 31.2 Å². The summed E-state index contributed by atoms with van der Waals surface area (Å²) in [6, 6.07) is 27.1. The van der Waals surface area contributed by atoms with Crippen molar-refractivity contribution in [2.24, 2.45) is 5.73 Å². The molecule has 0 fully saturated rings. The maximum absolute atomic E-state index is 14.2. The van der Waals surface area contributed by atoms with Gasteiger partial charge in [-0.3, -0.25) is 14.7 Å². The number of aromatic amines is 1. The number of nitrogens with one attached hydrogen (secondary N) is 2. The van der Waals surface area contributed by atoms with E-state index in [1.54, 1.807) is 24.3 Å². The highest BCUT2D eigenvalue weighted by molar-refractivity contribution is 7.93. The number of aryl methyl sites for hydroxylation is 1. The number of fused-ring (bicyclic) bond motifs is 1. The highest BCUT2D eigenvalue weighted by atomic mass is 32.2. The van der Waals surface area contributed by atoms with E-state index in [2.05, 4.69) is 15.5 Å². The zero-order valence-electron chi connectivity index (χ0n) is 22.5. The third kappa shape index (κ3) is 5.82. The summed E-state index contributed by atoms with van der Waals surface area (Å²) >= 11 is 0. The zero-order valence-corrected chi connectivity index (χ0v) is 23.4. The molecule has 5 aromatic rings. The molecule has 10 heteroatoms. The SMILES string of the molecule is CC(=O)Nc1cccc(-c2ccc3c(N([C@@H](Cc4ccccc4)C(N)=O)S(=O)(=O)c4ccc(C)cc4)n[nH]c3c2)c1. The van der Waals surface area contributed by atoms with E-state index in [4.69, 9.17) is 5.73 Å². The molecule has 0 unspecified atom stereocenters. The summed E-state index contributed by atoms with van der Waals surface area (Å²) in [6.45, 7) is 3.30. The van der Waals surface area contributed by atoms with Crippen LogP contribution >= 0.6 is 0 Å². The molecule has 1 atom stereocenters. The van der Waals surface area contributed by atoms with Crippen molar-refractivity contribution in [1.82, 2.24) is 10.2 Å². The monoisotopic (exact) mass is 567 g/mol. The molecule has 0 saturated heterocycles. The fourth-order valence-electron chi connectivity index (χ4n) is 4.72. The number of carbonyl (C=O) groups is 2. The Kier molecular flexibility index (Phi) is 7.58. The first-order valence-electron chi connectivity index (χ1n) is 12.9. The fourth-order valence-corrected chi connectivity index (χ4v) is 6.31. The van der Waals surface area contributed by atoms with Crippen molar-refractivity contribution in [3.63, 3.8) is 0 Å². The quantitative estimate of drug-likeness (QED) is 0.235. The van der Waals surface area contributed by atoms with E-state index in [-0.39, 0.29) is 23.0 Å². The second kappa shape index (κ2) is 11.3. The van der Waals surface area contributed by atoms with Gasteiger partial charge in [0.25, 0.3) is 10.0 Å². The Balaban J connectivity index is 1.63. The van der Waals surface area contributed by atoms with Crippen molar-refractivity contribution >= 4 is 44.2 Å². The largest absolute Gasteiger partial charge is 0.368 e. The van der Waals surface area contributed by atoms with Crippen LogP contribution in [0.25, 0.3) is 22.0 Å². The molecular weight excluding hydrogens is 538 g/mol. The lowest BCUT2D eigenvalue weighted by atomic mass is 10.0. The number of amides is 2. The number of hydrogen-bond acceptors (Lipinski definition) is 5. The normalized spacial score (nSPS) is 12.1. The summed E-state index contributed by atoms with van der Waals surface area (Å²) in [7, 11) is -4.27. The highest BCUT2D eigenvalue weighted by Crippen LogP contribution is 2.34. The molecule has 0 aliphatic heterocycles. The lowest BCUT2D eigenvalue weighted by molar-refractivity contribution is -0.119. The minimum atomic E-state index is -4.27. The van der Waals surface area contributed by atoms with Crippen LogP contribution in [0, 0.1) is 6.92 Å². The molecule has 0 bridgehead atoms. The summed E-state index contributed by atoms with van der Waals surface area (Å²) in [5.41, 5.74) is 10.4. The van der Waals surface area contributed by atoms with Gasteiger partial charge >= 0.3 is 0 Å². The molecule has 5 rings (SSSR count). The van der Waals surface area contributed by atoms with Gasteiger partial charge in [0.05, 0.1) is 10.4 Å². The summed E-state index contributed by atoms with van der Waals surface area (Å²) in [4.78, 5) is 24.4. The van der Waals surface area contributed by atoms with Gasteiger partial charge in [0, 0.05) is 24.4 Å². The average molecular weight is 568 g/mol. The fraction of sp³-hybridized carbons (Fsp3) is 0.129. The van der Waals surface area contributed by atoms with Gasteiger partial charge in [0.15, 0.2) is 5.82 Å². The van der Waals surface area contributed by atoms with E-state index in [1.165, 1.54) is 19.1 Å². The van der Waals surface area contributed by atoms with Crippen molar-refractivity contribution < 1.29 is 18.0 Å². The Bertz CT molecular complexity index is 1830. The smallest absolute Gasteiger partial charge is 0.266 e. The summed E-state index contributed by atoms with van der Waals surface area (Å²) in [5.74, 6) is -0.906. The van der Waals surface area contributed by atoms with Crippen LogP contribution in [0.2, 0.25) is 0 Å². The summed E-state index contributed by atoms with van der Waals surface area (Å²) in [6.07, 6.45) is 0.0592. The zero-order chi connectivity index (χ0) is 29.1. The van der Waals surface area contributed by atoms with Crippen molar-refractivity contribution in [1.29, 1.82) is 0 Å². The molecule has 208 valence electrons. The first-order chi connectivity index (χ1) is 19.6. The number of H-pyrrole nitrogens is 1. The molecular formula is C31H29N5O4S. The molecule has 4 aromatic carbocycles. The van der Waals surface area contributed by atoms with E-state index in [0.29, 0.717) is 16.6 Å². The lowest BCUT2D eigenvalue weighted by Crippen LogP contribution is -2.49. The predicted octanol–water partition coefficient (Wildman–Crippen LogP) is 4.79. The molecule has 0 aliphatic rings. The number of hydrogen-bond donors (Lipinski definition) is 3. The Morgan fingerprint density at radius 2 is 1.63 bits per heavy atom. The molecule has 0 spiro atoms. The number of benzene rings is 4. The minimum Gasteiger partial charge on any atom is -0.368 e. The molecule has 4 N–H and O–H groups in total. The number of anilines is 2. The van der Waals surface area contributed by atoms with Crippen LogP contribution < -0.4 is 15.4 Å². The molecule has 1 heterocycles. The lowest BCUT2D eigenvalue weighted by Gasteiger charge is -2.29. The predicted molar refractivity (Wildman–Crippen MR) is 160 cm³/mol. The van der Waals surface area contributed by atoms with Crippen LogP contribution in [0.3, 0.4) is 0 Å². The number of rotatable bonds is 9. The van der Waals surface area contributed by atoms with Gasteiger partial charge in [0.1, 0.15) is 6.04 Å². The molecule has 41 heavy (non-hydrogen) atoms. The van der Waals surface area contributed by atoms with Crippen LogP contribution in [0.4, 0.5) is 11.5 Å². The standard InChI is InChI=1S/C31H29N5O4S/c1-20-11-14-26(15-12-20)41(39,40)36(29(30(32)38)17-22-7-4-3-5-8-22)31-27-16-13-24(19-28(27)34-35-31)23-9-6-10-25(18-23)33-21(2)37/h3-16,18-19,29H,17H2,1-2H3,(H2,32,38)(H,33,37)(H,34,35)/t29-/m0/s1. The van der Waals surface area contributed by atoms with Crippen LogP contribution in [0.1, 0.15) is 18.1 Å². The van der Waals surface area contributed by atoms with E-state index in [9.17, 15) is 18.0 Å². The first kappa shape index (κ1) is 27.6. The van der Waals surface area contributed by atoms with E-state index in [1.807, 2.05) is 67.6 Å².